The zero-order valence-corrected chi connectivity index (χ0v) is 12.6. The first-order valence-electron chi connectivity index (χ1n) is 7.52. The third-order valence-corrected chi connectivity index (χ3v) is 4.15. The molecule has 0 radical (unpaired) electrons. The predicted molar refractivity (Wildman–Crippen MR) is 89.0 cm³/mol. The van der Waals surface area contributed by atoms with Gasteiger partial charge in [0.25, 0.3) is 0 Å². The van der Waals surface area contributed by atoms with Crippen LogP contribution in [0.5, 0.6) is 0 Å². The van der Waals surface area contributed by atoms with Crippen molar-refractivity contribution in [1.29, 1.82) is 0 Å². The molecule has 22 heavy (non-hydrogen) atoms. The molecule has 0 spiro atoms. The van der Waals surface area contributed by atoms with Crippen LogP contribution in [0, 0.1) is 0 Å². The zero-order chi connectivity index (χ0) is 14.9. The number of para-hydroxylation sites is 1. The fourth-order valence-electron chi connectivity index (χ4n) is 2.81. The summed E-state index contributed by atoms with van der Waals surface area (Å²) in [4.78, 5) is 9.18. The van der Waals surface area contributed by atoms with Crippen LogP contribution in [0.25, 0.3) is 16.7 Å². The van der Waals surface area contributed by atoms with Crippen molar-refractivity contribution in [2.75, 3.05) is 31.1 Å². The highest BCUT2D eigenvalue weighted by Crippen LogP contribution is 2.20. The minimum Gasteiger partial charge on any atom is -0.354 e. The molecule has 0 atom stereocenters. The maximum absolute atomic E-state index is 4.52. The summed E-state index contributed by atoms with van der Waals surface area (Å²) in [5.74, 6) is 1.00. The second-order valence-corrected chi connectivity index (χ2v) is 5.65. The molecule has 1 fully saturated rings. The molecule has 0 N–H and O–H groups in total. The molecule has 0 amide bonds. The van der Waals surface area contributed by atoms with E-state index < -0.39 is 0 Å². The van der Waals surface area contributed by atoms with E-state index in [4.69, 9.17) is 0 Å². The standard InChI is InChI=1S/C15H17BN6/c16-21-9-7-20(8-10-21)15-11-12(5-6-17-15)22-14-4-2-1-3-13(14)18-19-22/h1-6,11H,7-10,16H2. The van der Waals surface area contributed by atoms with Crippen LogP contribution in [0.4, 0.5) is 5.82 Å². The summed E-state index contributed by atoms with van der Waals surface area (Å²) in [5.41, 5.74) is 2.91. The van der Waals surface area contributed by atoms with Crippen molar-refractivity contribution in [3.8, 4) is 5.69 Å². The Hall–Kier alpha value is -2.41. The molecule has 2 aromatic heterocycles. The first-order valence-corrected chi connectivity index (χ1v) is 7.52. The van der Waals surface area contributed by atoms with E-state index in [0.717, 1.165) is 48.7 Å². The number of nitrogens with zero attached hydrogens (tertiary/aromatic N) is 6. The molecule has 3 heterocycles. The molecule has 0 aliphatic carbocycles. The molecule has 0 bridgehead atoms. The van der Waals surface area contributed by atoms with Crippen molar-refractivity contribution in [2.45, 2.75) is 0 Å². The van der Waals surface area contributed by atoms with Crippen molar-refractivity contribution >= 4 is 24.8 Å². The topological polar surface area (TPSA) is 50.1 Å². The van der Waals surface area contributed by atoms with Gasteiger partial charge in [0.05, 0.1) is 11.2 Å². The van der Waals surface area contributed by atoms with Gasteiger partial charge in [-0.3, -0.25) is 0 Å². The van der Waals surface area contributed by atoms with Gasteiger partial charge in [-0.25, -0.2) is 9.67 Å². The summed E-state index contributed by atoms with van der Waals surface area (Å²) >= 11 is 0. The van der Waals surface area contributed by atoms with Crippen LogP contribution in [0.15, 0.2) is 42.6 Å². The van der Waals surface area contributed by atoms with Crippen LogP contribution in [0.2, 0.25) is 0 Å². The van der Waals surface area contributed by atoms with Gasteiger partial charge in [-0.1, -0.05) is 17.3 Å². The molecule has 1 saturated heterocycles. The summed E-state index contributed by atoms with van der Waals surface area (Å²) in [6.07, 6.45) is 1.85. The Kier molecular flexibility index (Phi) is 3.27. The largest absolute Gasteiger partial charge is 0.354 e. The van der Waals surface area contributed by atoms with Crippen LogP contribution < -0.4 is 4.90 Å². The molecule has 6 nitrogen and oxygen atoms in total. The Morgan fingerprint density at radius 1 is 1.00 bits per heavy atom. The maximum Gasteiger partial charge on any atom is 0.185 e. The lowest BCUT2D eigenvalue weighted by Crippen LogP contribution is -2.45. The van der Waals surface area contributed by atoms with Crippen LogP contribution in [-0.4, -0.2) is 58.9 Å². The number of hydrogen-bond acceptors (Lipinski definition) is 5. The van der Waals surface area contributed by atoms with Gasteiger partial charge < -0.3 is 9.71 Å². The van der Waals surface area contributed by atoms with E-state index in [1.54, 1.807) is 0 Å². The second-order valence-electron chi connectivity index (χ2n) is 5.65. The van der Waals surface area contributed by atoms with Crippen LogP contribution in [0.3, 0.4) is 0 Å². The average molecular weight is 292 g/mol. The Labute approximate surface area is 129 Å². The van der Waals surface area contributed by atoms with Crippen LogP contribution in [0.1, 0.15) is 0 Å². The molecule has 7 heteroatoms. The highest BCUT2D eigenvalue weighted by molar-refractivity contribution is 6.04. The van der Waals surface area contributed by atoms with E-state index in [1.807, 2.05) is 41.2 Å². The van der Waals surface area contributed by atoms with E-state index in [0.29, 0.717) is 0 Å². The molecule has 3 aromatic rings. The molecule has 0 saturated carbocycles. The number of hydrogen-bond donors (Lipinski definition) is 0. The summed E-state index contributed by atoms with van der Waals surface area (Å²) in [6.45, 7) is 4.15. The van der Waals surface area contributed by atoms with E-state index in [9.17, 15) is 0 Å². The van der Waals surface area contributed by atoms with Crippen molar-refractivity contribution in [1.82, 2.24) is 24.8 Å². The lowest BCUT2D eigenvalue weighted by molar-refractivity contribution is 0.413. The van der Waals surface area contributed by atoms with Gasteiger partial charge in [-0.05, 0) is 18.2 Å². The summed E-state index contributed by atoms with van der Waals surface area (Å²) in [6, 6.07) is 12.0. The van der Waals surface area contributed by atoms with Gasteiger partial charge in [-0.15, -0.1) is 5.10 Å². The van der Waals surface area contributed by atoms with Crippen molar-refractivity contribution < 1.29 is 0 Å². The highest BCUT2D eigenvalue weighted by Gasteiger charge is 2.16. The number of piperazine rings is 1. The predicted octanol–water partition coefficient (Wildman–Crippen LogP) is 0.486. The van der Waals surface area contributed by atoms with Gasteiger partial charge in [0.2, 0.25) is 0 Å². The Morgan fingerprint density at radius 3 is 2.68 bits per heavy atom. The monoisotopic (exact) mass is 292 g/mol. The van der Waals surface area contributed by atoms with Gasteiger partial charge >= 0.3 is 0 Å². The quantitative estimate of drug-likeness (QED) is 0.643. The molecule has 4 rings (SSSR count). The number of rotatable bonds is 2. The summed E-state index contributed by atoms with van der Waals surface area (Å²) in [5, 5.41) is 8.50. The number of fused-ring (bicyclic) bond motifs is 1. The normalized spacial score (nSPS) is 16.3. The van der Waals surface area contributed by atoms with E-state index >= 15 is 0 Å². The van der Waals surface area contributed by atoms with Crippen LogP contribution in [-0.2, 0) is 0 Å². The van der Waals surface area contributed by atoms with Gasteiger partial charge in [0, 0.05) is 38.4 Å². The molecular weight excluding hydrogens is 275 g/mol. The van der Waals surface area contributed by atoms with Gasteiger partial charge in [-0.2, -0.15) is 0 Å². The molecule has 0 unspecified atom stereocenters. The number of benzene rings is 1. The highest BCUT2D eigenvalue weighted by atomic mass is 15.4. The van der Waals surface area contributed by atoms with Gasteiger partial charge in [0.1, 0.15) is 11.3 Å². The summed E-state index contributed by atoms with van der Waals surface area (Å²) < 4.78 is 1.87. The molecule has 1 aliphatic rings. The average Bonchev–Trinajstić information content (AvgIpc) is 3.00. The minimum absolute atomic E-state index is 0.903. The molecule has 110 valence electrons. The Bertz CT molecular complexity index is 793. The van der Waals surface area contributed by atoms with Crippen molar-refractivity contribution in [3.63, 3.8) is 0 Å². The van der Waals surface area contributed by atoms with Crippen molar-refractivity contribution in [3.05, 3.63) is 42.6 Å². The van der Waals surface area contributed by atoms with E-state index in [-0.39, 0.29) is 0 Å². The first-order chi connectivity index (χ1) is 10.8. The second kappa shape index (κ2) is 5.42. The number of pyridine rings is 1. The third-order valence-electron chi connectivity index (χ3n) is 4.15. The van der Waals surface area contributed by atoms with Gasteiger partial charge in [0.15, 0.2) is 7.98 Å². The van der Waals surface area contributed by atoms with E-state index in [2.05, 4.69) is 39.1 Å². The lowest BCUT2D eigenvalue weighted by atomic mass is 10.2. The SMILES string of the molecule is BN1CCN(c2cc(-n3nnc4ccccc43)ccn2)CC1. The number of anilines is 1. The Morgan fingerprint density at radius 2 is 1.82 bits per heavy atom. The third kappa shape index (κ3) is 2.33. The first kappa shape index (κ1) is 13.3. The molecular formula is C15H17BN6. The summed E-state index contributed by atoms with van der Waals surface area (Å²) in [7, 11) is 2.16. The maximum atomic E-state index is 4.52. The smallest absolute Gasteiger partial charge is 0.185 e. The lowest BCUT2D eigenvalue weighted by Gasteiger charge is -2.33. The minimum atomic E-state index is 0.903. The van der Waals surface area contributed by atoms with Crippen LogP contribution >= 0.6 is 0 Å². The van der Waals surface area contributed by atoms with Crippen molar-refractivity contribution in [2.24, 2.45) is 0 Å². The Balaban J connectivity index is 1.70. The number of aromatic nitrogens is 4. The fraction of sp³-hybridized carbons (Fsp3) is 0.267. The molecule has 1 aromatic carbocycles. The fourth-order valence-corrected chi connectivity index (χ4v) is 2.81. The zero-order valence-electron chi connectivity index (χ0n) is 12.6. The molecule has 1 aliphatic heterocycles. The van der Waals surface area contributed by atoms with E-state index in [1.165, 1.54) is 0 Å².